The molecular formula is C96H145B2OP. The van der Waals surface area contributed by atoms with Gasteiger partial charge in [0.1, 0.15) is 7.14 Å². The van der Waals surface area contributed by atoms with Gasteiger partial charge in [-0.05, 0) is 195 Å². The normalized spacial score (nSPS) is 25.4. The van der Waals surface area contributed by atoms with Crippen LogP contribution in [0.2, 0.25) is 13.6 Å². The van der Waals surface area contributed by atoms with Crippen LogP contribution in [0.15, 0.2) is 146 Å². The summed E-state index contributed by atoms with van der Waals surface area (Å²) in [5.74, 6) is 15.7. The van der Waals surface area contributed by atoms with Gasteiger partial charge in [0.25, 0.3) is 0 Å². The second-order valence-electron chi connectivity index (χ2n) is 34.9. The highest BCUT2D eigenvalue weighted by atomic mass is 31.2. The van der Waals surface area contributed by atoms with Crippen LogP contribution in [-0.4, -0.2) is 20.1 Å². The zero-order chi connectivity index (χ0) is 71.6. The first-order chi connectivity index (χ1) is 48.2. The van der Waals surface area contributed by atoms with Crippen molar-refractivity contribution in [1.82, 2.24) is 0 Å². The van der Waals surface area contributed by atoms with Gasteiger partial charge in [0.05, 0.1) is 0 Å². The van der Waals surface area contributed by atoms with Gasteiger partial charge in [0.2, 0.25) is 13.4 Å². The van der Waals surface area contributed by atoms with Gasteiger partial charge in [-0.25, -0.2) is 0 Å². The number of benzene rings is 6. The average molecular weight is 1370 g/mol. The molecule has 8 bridgehead atoms. The van der Waals surface area contributed by atoms with E-state index < -0.39 is 7.14 Å². The van der Waals surface area contributed by atoms with Crippen molar-refractivity contribution in [3.8, 4) is 0 Å². The number of aryl methyl sites for hydroxylation is 6. The van der Waals surface area contributed by atoms with Crippen molar-refractivity contribution >= 4 is 53.0 Å². The predicted molar refractivity (Wildman–Crippen MR) is 448 cm³/mol. The molecule has 0 N–H and O–H groups in total. The second kappa shape index (κ2) is 42.0. The Balaban J connectivity index is 0.000000146. The van der Waals surface area contributed by atoms with Crippen molar-refractivity contribution in [3.63, 3.8) is 0 Å². The molecule has 6 aromatic carbocycles. The molecule has 6 aromatic rings. The van der Waals surface area contributed by atoms with E-state index >= 15 is 0 Å². The molecule has 546 valence electrons. The quantitative estimate of drug-likeness (QED) is 0.104. The van der Waals surface area contributed by atoms with Crippen LogP contribution in [0.3, 0.4) is 0 Å². The molecule has 12 saturated carbocycles. The lowest BCUT2D eigenvalue weighted by atomic mass is 9.39. The highest BCUT2D eigenvalue weighted by molar-refractivity contribution is 7.78. The summed E-state index contributed by atoms with van der Waals surface area (Å²) in [5, 5.41) is 1.83. The largest absolute Gasteiger partial charge is 0.314 e. The van der Waals surface area contributed by atoms with E-state index in [1.54, 1.807) is 64.2 Å². The summed E-state index contributed by atoms with van der Waals surface area (Å²) in [4.78, 5) is 0. The summed E-state index contributed by atoms with van der Waals surface area (Å²) in [6.07, 6.45) is 47.2. The van der Waals surface area contributed by atoms with Gasteiger partial charge in [-0.1, -0.05) is 391 Å². The molecule has 0 amide bonds. The van der Waals surface area contributed by atoms with E-state index in [4.69, 9.17) is 0 Å². The lowest BCUT2D eigenvalue weighted by molar-refractivity contribution is -0.0376. The number of hydrogen-bond donors (Lipinski definition) is 0. The highest BCUT2D eigenvalue weighted by Gasteiger charge is 2.48. The Labute approximate surface area is 618 Å². The molecule has 12 fully saturated rings. The fraction of sp³-hybridized carbons (Fsp3) is 0.625. The van der Waals surface area contributed by atoms with Crippen molar-refractivity contribution < 1.29 is 4.57 Å². The van der Waals surface area contributed by atoms with Crippen LogP contribution < -0.4 is 32.5 Å². The monoisotopic (exact) mass is 1370 g/mol. The molecule has 0 radical (unpaired) electrons. The van der Waals surface area contributed by atoms with E-state index in [9.17, 15) is 4.57 Å². The average Bonchev–Trinajstić information content (AvgIpc) is 0.986. The molecule has 0 spiro atoms. The maximum Gasteiger partial charge on any atom is 0.207 e. The van der Waals surface area contributed by atoms with Crippen LogP contribution in [0.4, 0.5) is 0 Å². The SMILES string of the molecule is CB(c1c(C)cc(C)cc1C)c1c(C)cc(C)cc1C.CB(c1ccccc1)c1ccccc1.CC1C2CC3CC(C2)CC1C3.CC1CCCC1.CC1CCCCC1.CCC1C2CC3CC(C2)CC1C3.CCC1CCCC1.CCC1CCCCC1.CP(=O)(c1ccccc1)c1ccccc1. The zero-order valence-corrected chi connectivity index (χ0v) is 67.8. The van der Waals surface area contributed by atoms with Gasteiger partial charge in [0.15, 0.2) is 0 Å². The topological polar surface area (TPSA) is 17.1 Å². The Morgan fingerprint density at radius 2 is 0.630 bits per heavy atom. The molecule has 100 heavy (non-hydrogen) atoms. The molecule has 0 saturated heterocycles. The zero-order valence-electron chi connectivity index (χ0n) is 66.9. The molecule has 1 nitrogen and oxygen atoms in total. The third kappa shape index (κ3) is 24.9. The maximum atomic E-state index is 12.6. The first-order valence-electron chi connectivity index (χ1n) is 42.2. The van der Waals surface area contributed by atoms with Gasteiger partial charge in [-0.15, -0.1) is 0 Å². The number of rotatable bonds is 9. The molecule has 12 aliphatic carbocycles. The van der Waals surface area contributed by atoms with E-state index in [2.05, 4.69) is 182 Å². The van der Waals surface area contributed by atoms with E-state index in [-0.39, 0.29) is 0 Å². The molecule has 12 aliphatic rings. The minimum Gasteiger partial charge on any atom is -0.314 e. The van der Waals surface area contributed by atoms with Crippen molar-refractivity contribution in [2.24, 2.45) is 82.9 Å². The molecule has 0 aromatic heterocycles. The number of hydrogen-bond acceptors (Lipinski definition) is 1. The van der Waals surface area contributed by atoms with Crippen molar-refractivity contribution in [3.05, 3.63) is 179 Å². The highest BCUT2D eigenvalue weighted by Crippen LogP contribution is 2.58. The lowest BCUT2D eigenvalue weighted by Crippen LogP contribution is -2.45. The van der Waals surface area contributed by atoms with Crippen LogP contribution in [0, 0.1) is 124 Å². The standard InChI is InChI=1S/C19H25B.C13H13B.C13H13OP.C12H20.C11H18.C8H16.2C7H14.C6H12/c1-12-8-14(3)18(15(4)9-12)20(7)19-16(5)10-13(2)11-17(19)6;1-14(12-8-4-2-5-9-12)13-10-6-3-7-11-13;1-15(14,12-8-4-2-5-9-12)13-10-6-3-7-11-13;1-2-12-10-4-8-3-9(6-10)7-11(12)5-8;1-7-10-3-8-2-9(5-10)6-11(7)4-8;1-2-8-6-4-3-5-7-8;1-7-5-3-2-4-6-7;1-2-7-5-3-4-6-7;1-6-4-2-3-5-6/h8-11H,1-7H3;2-11H,1H3;2-11H,1H3;8-12H,2-7H2,1H3;7-11H,2-6H2,1H3;8H,2-7H2,1H3;2*7H,2-6H2,1H3;6H,2-5H2,1H3. The minimum absolute atomic E-state index is 0.455. The summed E-state index contributed by atoms with van der Waals surface area (Å²) in [6, 6.07) is 49.7. The Morgan fingerprint density at radius 3 is 0.900 bits per heavy atom. The van der Waals surface area contributed by atoms with Crippen LogP contribution >= 0.6 is 7.14 Å². The Morgan fingerprint density at radius 1 is 0.350 bits per heavy atom. The molecular weight excluding hydrogens is 1220 g/mol. The Hall–Kier alpha value is -4.32. The van der Waals surface area contributed by atoms with E-state index in [1.165, 1.54) is 190 Å². The third-order valence-electron chi connectivity index (χ3n) is 26.9. The minimum atomic E-state index is -2.40. The first-order valence-corrected chi connectivity index (χ1v) is 44.3. The van der Waals surface area contributed by atoms with Crippen molar-refractivity contribution in [1.29, 1.82) is 0 Å². The molecule has 0 atom stereocenters. The summed E-state index contributed by atoms with van der Waals surface area (Å²) < 4.78 is 12.6. The van der Waals surface area contributed by atoms with Crippen LogP contribution in [-0.2, 0) is 4.57 Å². The van der Waals surface area contributed by atoms with Crippen LogP contribution in [0.25, 0.3) is 0 Å². The van der Waals surface area contributed by atoms with E-state index in [0.717, 1.165) is 93.5 Å². The molecule has 0 heterocycles. The van der Waals surface area contributed by atoms with Gasteiger partial charge in [-0.3, -0.25) is 0 Å². The smallest absolute Gasteiger partial charge is 0.207 e. The van der Waals surface area contributed by atoms with Crippen LogP contribution in [0.5, 0.6) is 0 Å². The van der Waals surface area contributed by atoms with Gasteiger partial charge in [0, 0.05) is 10.6 Å². The van der Waals surface area contributed by atoms with Gasteiger partial charge in [-0.2, -0.15) is 0 Å². The molecule has 4 heteroatoms. The summed E-state index contributed by atoms with van der Waals surface area (Å²) in [7, 11) is -2.40. The summed E-state index contributed by atoms with van der Waals surface area (Å²) in [6.45, 7) is 34.9. The summed E-state index contributed by atoms with van der Waals surface area (Å²) >= 11 is 0. The lowest BCUT2D eigenvalue weighted by Gasteiger charge is -2.54. The fourth-order valence-electron chi connectivity index (χ4n) is 21.5. The Kier molecular flexibility index (Phi) is 34.2. The maximum absolute atomic E-state index is 12.6. The second-order valence-corrected chi connectivity index (χ2v) is 37.8. The fourth-order valence-corrected chi connectivity index (χ4v) is 23.3. The van der Waals surface area contributed by atoms with Crippen molar-refractivity contribution in [2.75, 3.05) is 6.66 Å². The predicted octanol–water partition coefficient (Wildman–Crippen LogP) is 25.2. The van der Waals surface area contributed by atoms with Crippen LogP contribution in [0.1, 0.15) is 274 Å². The van der Waals surface area contributed by atoms with E-state index in [0.29, 0.717) is 13.4 Å². The first kappa shape index (κ1) is 81.4. The van der Waals surface area contributed by atoms with Gasteiger partial charge < -0.3 is 4.57 Å². The molecule has 18 rings (SSSR count). The summed E-state index contributed by atoms with van der Waals surface area (Å²) in [5.41, 5.74) is 14.1. The van der Waals surface area contributed by atoms with E-state index in [1.807, 2.05) is 67.3 Å². The Bertz CT molecular complexity index is 3010. The molecule has 0 unspecified atom stereocenters. The third-order valence-corrected chi connectivity index (χ3v) is 29.5. The van der Waals surface area contributed by atoms with Gasteiger partial charge >= 0.3 is 0 Å². The van der Waals surface area contributed by atoms with Crippen molar-refractivity contribution in [2.45, 2.75) is 296 Å². The molecule has 0 aliphatic heterocycles.